The zero-order valence-electron chi connectivity index (χ0n) is 24.8. The Bertz CT molecular complexity index is 1880. The third-order valence-electron chi connectivity index (χ3n) is 6.48. The Morgan fingerprint density at radius 2 is 1.65 bits per heavy atom. The summed E-state index contributed by atoms with van der Waals surface area (Å²) in [6, 6.07) is 18.3. The van der Waals surface area contributed by atoms with Gasteiger partial charge in [-0.15, -0.1) is 11.3 Å². The van der Waals surface area contributed by atoms with Crippen LogP contribution in [0.3, 0.4) is 0 Å². The summed E-state index contributed by atoms with van der Waals surface area (Å²) in [7, 11) is 0. The van der Waals surface area contributed by atoms with Gasteiger partial charge in [0, 0.05) is 22.5 Å². The summed E-state index contributed by atoms with van der Waals surface area (Å²) in [5.74, 6) is -2.88. The van der Waals surface area contributed by atoms with Crippen molar-refractivity contribution in [2.75, 3.05) is 5.32 Å². The molecule has 0 spiro atoms. The fraction of sp³-hybridized carbons (Fsp3) is 0.182. The first-order chi connectivity index (χ1) is 21.8. The number of aliphatic carboxylic acids is 1. The average molecular weight is 647 g/mol. The molecule has 5 aromatic rings. The molecule has 10 nitrogen and oxygen atoms in total. The monoisotopic (exact) mass is 646 g/mol. The number of hydrogen-bond donors (Lipinski definition) is 3. The van der Waals surface area contributed by atoms with Gasteiger partial charge >= 0.3 is 12.1 Å². The number of halogens is 2. The van der Waals surface area contributed by atoms with Crippen molar-refractivity contribution in [1.82, 2.24) is 15.5 Å². The van der Waals surface area contributed by atoms with Gasteiger partial charge in [0.1, 0.15) is 23.3 Å². The third-order valence-corrected chi connectivity index (χ3v) is 7.61. The van der Waals surface area contributed by atoms with Crippen LogP contribution in [0.5, 0.6) is 0 Å². The Labute approximate surface area is 266 Å². The van der Waals surface area contributed by atoms with Gasteiger partial charge in [-0.05, 0) is 92.6 Å². The van der Waals surface area contributed by atoms with Gasteiger partial charge in [-0.2, -0.15) is 4.98 Å². The van der Waals surface area contributed by atoms with E-state index in [4.69, 9.17) is 9.26 Å². The lowest BCUT2D eigenvalue weighted by molar-refractivity contribution is -0.139. The molecule has 0 aliphatic rings. The van der Waals surface area contributed by atoms with Gasteiger partial charge < -0.3 is 19.7 Å². The van der Waals surface area contributed by atoms with E-state index in [1.807, 2.05) is 0 Å². The van der Waals surface area contributed by atoms with Gasteiger partial charge in [0.25, 0.3) is 11.8 Å². The van der Waals surface area contributed by atoms with E-state index in [9.17, 15) is 23.9 Å². The highest BCUT2D eigenvalue weighted by Gasteiger charge is 2.24. The van der Waals surface area contributed by atoms with Crippen LogP contribution in [0.4, 0.5) is 19.3 Å². The summed E-state index contributed by atoms with van der Waals surface area (Å²) in [5, 5.41) is 18.7. The SMILES string of the molecule is CC(C)(C)OC(=O)Nc1ccc(-c2nc(-c3ccc(CC(NC(=O)c4ccc(-c5ccc(F)cc5)s4)C(=O)O)cc3F)no2)cc1. The number of benzene rings is 3. The maximum Gasteiger partial charge on any atom is 0.412 e. The van der Waals surface area contributed by atoms with Crippen molar-refractivity contribution < 1.29 is 37.5 Å². The molecule has 0 aliphatic heterocycles. The summed E-state index contributed by atoms with van der Waals surface area (Å²) in [6.07, 6.45) is -0.786. The van der Waals surface area contributed by atoms with Crippen molar-refractivity contribution in [1.29, 1.82) is 0 Å². The minimum absolute atomic E-state index is 0.0206. The summed E-state index contributed by atoms with van der Waals surface area (Å²) in [5.41, 5.74) is 1.44. The molecular formula is C33H28F2N4O6S. The highest BCUT2D eigenvalue weighted by molar-refractivity contribution is 7.17. The Morgan fingerprint density at radius 1 is 0.957 bits per heavy atom. The van der Waals surface area contributed by atoms with Crippen LogP contribution in [-0.4, -0.2) is 44.9 Å². The molecule has 0 bridgehead atoms. The number of ether oxygens (including phenoxy) is 1. The first kappa shape index (κ1) is 32.0. The number of rotatable bonds is 9. The molecule has 1 atom stereocenters. The molecule has 0 fully saturated rings. The van der Waals surface area contributed by atoms with Crippen LogP contribution in [0.25, 0.3) is 33.3 Å². The molecule has 0 saturated carbocycles. The minimum Gasteiger partial charge on any atom is -0.480 e. The maximum atomic E-state index is 15.2. The minimum atomic E-state index is -1.33. The van der Waals surface area contributed by atoms with Crippen molar-refractivity contribution in [3.05, 3.63) is 101 Å². The normalized spacial score (nSPS) is 11.9. The van der Waals surface area contributed by atoms with E-state index >= 15 is 4.39 Å². The number of aromatic nitrogens is 2. The van der Waals surface area contributed by atoms with E-state index in [1.54, 1.807) is 69.3 Å². The quantitative estimate of drug-likeness (QED) is 0.153. The lowest BCUT2D eigenvalue weighted by atomic mass is 10.0. The maximum absolute atomic E-state index is 15.2. The molecule has 13 heteroatoms. The van der Waals surface area contributed by atoms with Gasteiger partial charge in [0.2, 0.25) is 5.82 Å². The highest BCUT2D eigenvalue weighted by atomic mass is 32.1. The first-order valence-electron chi connectivity index (χ1n) is 14.0. The van der Waals surface area contributed by atoms with Crippen LogP contribution in [0.1, 0.15) is 36.0 Å². The van der Waals surface area contributed by atoms with Gasteiger partial charge in [-0.3, -0.25) is 10.1 Å². The molecule has 2 aromatic heterocycles. The molecular weight excluding hydrogens is 618 g/mol. The predicted molar refractivity (Wildman–Crippen MR) is 167 cm³/mol. The second-order valence-corrected chi connectivity index (χ2v) is 12.3. The Hall–Kier alpha value is -5.43. The van der Waals surface area contributed by atoms with Crippen LogP contribution in [-0.2, 0) is 16.0 Å². The fourth-order valence-electron chi connectivity index (χ4n) is 4.33. The molecule has 0 aliphatic carbocycles. The molecule has 3 N–H and O–H groups in total. The standard InChI is InChI=1S/C33H28F2N4O6S/c1-33(2,3)44-32(43)36-22-11-7-20(8-12-22)30-38-28(39-45-30)23-13-4-18(16-24(23)35)17-25(31(41)42)37-29(40)27-15-14-26(46-27)19-5-9-21(34)10-6-19/h4-16,25H,17H2,1-3H3,(H,36,43)(H,37,40)(H,41,42). The lowest BCUT2D eigenvalue weighted by Gasteiger charge is -2.19. The van der Waals surface area contributed by atoms with E-state index in [0.29, 0.717) is 21.7 Å². The Kier molecular flexibility index (Phi) is 9.23. The van der Waals surface area contributed by atoms with Gasteiger partial charge in [0.05, 0.1) is 10.4 Å². The van der Waals surface area contributed by atoms with Crippen LogP contribution in [0, 0.1) is 11.6 Å². The Balaban J connectivity index is 1.23. The van der Waals surface area contributed by atoms with Gasteiger partial charge in [-0.25, -0.2) is 18.4 Å². The number of nitrogens with one attached hydrogen (secondary N) is 2. The average Bonchev–Trinajstić information content (AvgIpc) is 3.68. The van der Waals surface area contributed by atoms with E-state index in [-0.39, 0.29) is 34.4 Å². The van der Waals surface area contributed by atoms with E-state index in [0.717, 1.165) is 23.0 Å². The van der Waals surface area contributed by atoms with Crippen molar-refractivity contribution >= 4 is 35.0 Å². The second kappa shape index (κ2) is 13.3. The molecule has 46 heavy (non-hydrogen) atoms. The summed E-state index contributed by atoms with van der Waals surface area (Å²) < 4.78 is 39.0. The van der Waals surface area contributed by atoms with E-state index in [2.05, 4.69) is 20.8 Å². The number of carboxylic acids is 1. The molecule has 0 saturated heterocycles. The number of carboxylic acid groups (broad SMARTS) is 1. The van der Waals surface area contributed by atoms with Crippen molar-refractivity contribution in [3.8, 4) is 33.3 Å². The molecule has 0 radical (unpaired) electrons. The van der Waals surface area contributed by atoms with Crippen LogP contribution >= 0.6 is 11.3 Å². The second-order valence-electron chi connectivity index (χ2n) is 11.2. The van der Waals surface area contributed by atoms with Crippen molar-refractivity contribution in [3.63, 3.8) is 0 Å². The van der Waals surface area contributed by atoms with Gasteiger partial charge in [0.15, 0.2) is 0 Å². The van der Waals surface area contributed by atoms with Crippen LogP contribution < -0.4 is 10.6 Å². The highest BCUT2D eigenvalue weighted by Crippen LogP contribution is 2.29. The van der Waals surface area contributed by atoms with E-state index in [1.165, 1.54) is 24.3 Å². The number of amides is 2. The predicted octanol–water partition coefficient (Wildman–Crippen LogP) is 7.18. The number of anilines is 1. The number of carbonyl (C=O) groups is 3. The van der Waals surface area contributed by atoms with Crippen molar-refractivity contribution in [2.45, 2.75) is 38.8 Å². The zero-order valence-corrected chi connectivity index (χ0v) is 25.7. The summed E-state index contributed by atoms with van der Waals surface area (Å²) >= 11 is 1.13. The molecule has 2 heterocycles. The molecule has 5 rings (SSSR count). The molecule has 1 unspecified atom stereocenters. The summed E-state index contributed by atoms with van der Waals surface area (Å²) in [4.78, 5) is 42.1. The van der Waals surface area contributed by atoms with Gasteiger partial charge in [-0.1, -0.05) is 23.4 Å². The third kappa shape index (κ3) is 7.99. The number of hydrogen-bond acceptors (Lipinski definition) is 8. The first-order valence-corrected chi connectivity index (χ1v) is 14.8. The fourth-order valence-corrected chi connectivity index (χ4v) is 5.24. The van der Waals surface area contributed by atoms with Crippen LogP contribution in [0.15, 0.2) is 83.4 Å². The largest absolute Gasteiger partial charge is 0.480 e. The Morgan fingerprint density at radius 3 is 2.30 bits per heavy atom. The van der Waals surface area contributed by atoms with E-state index < -0.39 is 35.4 Å². The van der Waals surface area contributed by atoms with Crippen LogP contribution in [0.2, 0.25) is 0 Å². The summed E-state index contributed by atoms with van der Waals surface area (Å²) in [6.45, 7) is 5.27. The number of carbonyl (C=O) groups excluding carboxylic acids is 2. The molecule has 3 aromatic carbocycles. The number of thiophene rings is 1. The lowest BCUT2D eigenvalue weighted by Crippen LogP contribution is -2.42. The molecule has 236 valence electrons. The topological polar surface area (TPSA) is 144 Å². The zero-order chi connectivity index (χ0) is 33.0. The molecule has 2 amide bonds. The number of nitrogens with zero attached hydrogens (tertiary/aromatic N) is 2. The van der Waals surface area contributed by atoms with Crippen molar-refractivity contribution in [2.24, 2.45) is 0 Å². The smallest absolute Gasteiger partial charge is 0.412 e.